The van der Waals surface area contributed by atoms with E-state index in [1.54, 1.807) is 31.4 Å². The molecule has 0 saturated carbocycles. The monoisotopic (exact) mass is 277 g/mol. The van der Waals surface area contributed by atoms with Crippen molar-refractivity contribution in [3.8, 4) is 5.75 Å². The van der Waals surface area contributed by atoms with E-state index >= 15 is 0 Å². The van der Waals surface area contributed by atoms with Crippen molar-refractivity contribution in [1.29, 1.82) is 0 Å². The second-order valence-electron chi connectivity index (χ2n) is 4.25. The number of nitrogens with zero attached hydrogens (tertiary/aromatic N) is 1. The third kappa shape index (κ3) is 3.33. The number of hydrogen-bond acceptors (Lipinski definition) is 5. The van der Waals surface area contributed by atoms with Gasteiger partial charge in [0, 0.05) is 5.69 Å². The van der Waals surface area contributed by atoms with Gasteiger partial charge in [0.15, 0.2) is 0 Å². The zero-order valence-corrected chi connectivity index (χ0v) is 11.0. The highest BCUT2D eigenvalue weighted by Gasteiger charge is 2.27. The number of piperazine rings is 1. The maximum atomic E-state index is 11.8. The predicted octanol–water partition coefficient (Wildman–Crippen LogP) is -0.408. The zero-order chi connectivity index (χ0) is 14.5. The van der Waals surface area contributed by atoms with Crippen LogP contribution in [0, 0.1) is 0 Å². The van der Waals surface area contributed by atoms with E-state index in [4.69, 9.17) is 4.74 Å². The van der Waals surface area contributed by atoms with Gasteiger partial charge in [0.1, 0.15) is 12.3 Å². The minimum Gasteiger partial charge on any atom is -0.497 e. The Bertz CT molecular complexity index is 511. The van der Waals surface area contributed by atoms with Crippen molar-refractivity contribution in [1.82, 2.24) is 10.2 Å². The molecule has 1 heterocycles. The van der Waals surface area contributed by atoms with Crippen molar-refractivity contribution < 1.29 is 19.1 Å². The van der Waals surface area contributed by atoms with Crippen LogP contribution in [0.2, 0.25) is 0 Å². The van der Waals surface area contributed by atoms with E-state index in [1.807, 2.05) is 0 Å². The number of anilines is 1. The lowest BCUT2D eigenvalue weighted by Gasteiger charge is -2.24. The summed E-state index contributed by atoms with van der Waals surface area (Å²) in [5, 5.41) is 5.28. The molecule has 7 heteroatoms. The zero-order valence-electron chi connectivity index (χ0n) is 11.0. The summed E-state index contributed by atoms with van der Waals surface area (Å²) in [4.78, 5) is 35.8. The molecule has 3 amide bonds. The van der Waals surface area contributed by atoms with Gasteiger partial charge in [-0.1, -0.05) is 0 Å². The Hall–Kier alpha value is -2.41. The Morgan fingerprint density at radius 1 is 1.25 bits per heavy atom. The molecule has 0 radical (unpaired) electrons. The average Bonchev–Trinajstić information content (AvgIpc) is 2.44. The van der Waals surface area contributed by atoms with Crippen LogP contribution in [0.4, 0.5) is 5.69 Å². The number of amides is 3. The summed E-state index contributed by atoms with van der Waals surface area (Å²) in [6.07, 6.45) is 0. The third-order valence-corrected chi connectivity index (χ3v) is 2.83. The van der Waals surface area contributed by atoms with Crippen molar-refractivity contribution in [2.45, 2.75) is 0 Å². The van der Waals surface area contributed by atoms with Gasteiger partial charge in [0.2, 0.25) is 17.7 Å². The molecule has 106 valence electrons. The van der Waals surface area contributed by atoms with E-state index in [0.717, 1.165) is 4.90 Å². The van der Waals surface area contributed by atoms with Crippen LogP contribution in [-0.4, -0.2) is 49.4 Å². The normalized spacial score (nSPS) is 15.2. The molecular weight excluding hydrogens is 262 g/mol. The van der Waals surface area contributed by atoms with E-state index < -0.39 is 17.7 Å². The van der Waals surface area contributed by atoms with Gasteiger partial charge >= 0.3 is 0 Å². The summed E-state index contributed by atoms with van der Waals surface area (Å²) >= 11 is 0. The number of hydrogen-bond donors (Lipinski definition) is 2. The van der Waals surface area contributed by atoms with Crippen LogP contribution in [0.25, 0.3) is 0 Å². The highest BCUT2D eigenvalue weighted by molar-refractivity contribution is 6.04. The molecule has 20 heavy (non-hydrogen) atoms. The highest BCUT2D eigenvalue weighted by atomic mass is 16.5. The topological polar surface area (TPSA) is 87.7 Å². The molecule has 1 aliphatic rings. The van der Waals surface area contributed by atoms with Crippen LogP contribution in [0.5, 0.6) is 5.75 Å². The number of ether oxygens (including phenoxy) is 1. The molecule has 1 saturated heterocycles. The summed E-state index contributed by atoms with van der Waals surface area (Å²) in [5.74, 6) is -0.536. The third-order valence-electron chi connectivity index (χ3n) is 2.83. The van der Waals surface area contributed by atoms with Crippen molar-refractivity contribution in [2.24, 2.45) is 0 Å². The molecule has 1 aromatic rings. The van der Waals surface area contributed by atoms with Crippen LogP contribution in [0.1, 0.15) is 0 Å². The van der Waals surface area contributed by atoms with Crippen LogP contribution in [-0.2, 0) is 14.4 Å². The lowest BCUT2D eigenvalue weighted by molar-refractivity contribution is -0.148. The molecule has 2 N–H and O–H groups in total. The molecule has 0 unspecified atom stereocenters. The number of methoxy groups -OCH3 is 1. The fraction of sp³-hybridized carbons (Fsp3) is 0.308. The van der Waals surface area contributed by atoms with Crippen LogP contribution in [0.3, 0.4) is 0 Å². The highest BCUT2D eigenvalue weighted by Crippen LogP contribution is 2.14. The Balaban J connectivity index is 1.94. The van der Waals surface area contributed by atoms with Crippen molar-refractivity contribution in [3.63, 3.8) is 0 Å². The number of carbonyl (C=O) groups is 3. The fourth-order valence-corrected chi connectivity index (χ4v) is 1.80. The van der Waals surface area contributed by atoms with E-state index in [9.17, 15) is 14.4 Å². The molecule has 1 fully saturated rings. The maximum Gasteiger partial charge on any atom is 0.244 e. The van der Waals surface area contributed by atoms with Gasteiger partial charge in [-0.3, -0.25) is 24.6 Å². The quantitative estimate of drug-likeness (QED) is 0.731. The van der Waals surface area contributed by atoms with Gasteiger partial charge in [0.25, 0.3) is 0 Å². The van der Waals surface area contributed by atoms with Gasteiger partial charge in [-0.05, 0) is 24.3 Å². The number of carbonyl (C=O) groups excluding carboxylic acids is 3. The minimum atomic E-state index is -0.418. The molecule has 0 aromatic heterocycles. The van der Waals surface area contributed by atoms with Crippen molar-refractivity contribution >= 4 is 23.4 Å². The maximum absolute atomic E-state index is 11.8. The van der Waals surface area contributed by atoms with E-state index in [1.165, 1.54) is 0 Å². The lowest BCUT2D eigenvalue weighted by atomic mass is 10.3. The summed E-state index contributed by atoms with van der Waals surface area (Å²) in [6, 6.07) is 6.77. The second-order valence-corrected chi connectivity index (χ2v) is 4.25. The van der Waals surface area contributed by atoms with Gasteiger partial charge in [-0.25, -0.2) is 0 Å². The first-order valence-corrected chi connectivity index (χ1v) is 6.08. The van der Waals surface area contributed by atoms with Crippen LogP contribution in [0.15, 0.2) is 24.3 Å². The lowest BCUT2D eigenvalue weighted by Crippen LogP contribution is -2.54. The van der Waals surface area contributed by atoms with Gasteiger partial charge in [-0.15, -0.1) is 0 Å². The minimum absolute atomic E-state index is 0.0710. The Kier molecular flexibility index (Phi) is 4.31. The fourth-order valence-electron chi connectivity index (χ4n) is 1.80. The van der Waals surface area contributed by atoms with Crippen molar-refractivity contribution in [2.75, 3.05) is 32.1 Å². The second kappa shape index (κ2) is 6.16. The Morgan fingerprint density at radius 3 is 2.40 bits per heavy atom. The summed E-state index contributed by atoms with van der Waals surface area (Å²) in [5.41, 5.74) is 0.575. The standard InChI is InChI=1S/C13H15N3O4/c1-20-10-4-2-9(3-5-10)15-11(17)8-16-12(18)6-14-7-13(16)19/h2-5,14H,6-8H2,1H3,(H,15,17). The molecule has 1 aromatic carbocycles. The number of imide groups is 1. The van der Waals surface area contributed by atoms with Gasteiger partial charge in [-0.2, -0.15) is 0 Å². The molecule has 7 nitrogen and oxygen atoms in total. The number of nitrogens with one attached hydrogen (secondary N) is 2. The first-order valence-electron chi connectivity index (χ1n) is 6.08. The number of rotatable bonds is 4. The van der Waals surface area contributed by atoms with Gasteiger partial charge in [0.05, 0.1) is 20.2 Å². The number of benzene rings is 1. The first-order chi connectivity index (χ1) is 9.60. The van der Waals surface area contributed by atoms with Crippen LogP contribution >= 0.6 is 0 Å². The summed E-state index contributed by atoms with van der Waals surface area (Å²) in [6.45, 7) is -0.130. The largest absolute Gasteiger partial charge is 0.497 e. The smallest absolute Gasteiger partial charge is 0.244 e. The predicted molar refractivity (Wildman–Crippen MR) is 71.2 cm³/mol. The Morgan fingerprint density at radius 2 is 1.85 bits per heavy atom. The Labute approximate surface area is 115 Å². The molecule has 0 spiro atoms. The average molecular weight is 277 g/mol. The van der Waals surface area contributed by atoms with E-state index in [0.29, 0.717) is 11.4 Å². The summed E-state index contributed by atoms with van der Waals surface area (Å²) in [7, 11) is 1.55. The van der Waals surface area contributed by atoms with Gasteiger partial charge < -0.3 is 10.1 Å². The van der Waals surface area contributed by atoms with E-state index in [-0.39, 0.29) is 19.6 Å². The summed E-state index contributed by atoms with van der Waals surface area (Å²) < 4.78 is 5.01. The molecule has 0 aliphatic carbocycles. The van der Waals surface area contributed by atoms with Crippen molar-refractivity contribution in [3.05, 3.63) is 24.3 Å². The SMILES string of the molecule is COc1ccc(NC(=O)CN2C(=O)CNCC2=O)cc1. The first kappa shape index (κ1) is 14.0. The molecule has 0 atom stereocenters. The molecular formula is C13H15N3O4. The molecule has 2 rings (SSSR count). The van der Waals surface area contributed by atoms with E-state index in [2.05, 4.69) is 10.6 Å². The molecule has 1 aliphatic heterocycles. The van der Waals surface area contributed by atoms with Crippen LogP contribution < -0.4 is 15.4 Å². The molecule has 0 bridgehead atoms.